The zero-order valence-electron chi connectivity index (χ0n) is 12.0. The zero-order chi connectivity index (χ0) is 15.0. The van der Waals surface area contributed by atoms with Gasteiger partial charge in [0.15, 0.2) is 5.13 Å². The second-order valence-electron chi connectivity index (χ2n) is 5.83. The van der Waals surface area contributed by atoms with Crippen molar-refractivity contribution in [2.45, 2.75) is 31.3 Å². The molecule has 0 bridgehead atoms. The average Bonchev–Trinajstić information content (AvgIpc) is 3.01. The molecule has 1 aromatic heterocycles. The van der Waals surface area contributed by atoms with E-state index in [1.165, 1.54) is 11.3 Å². The predicted octanol–water partition coefficient (Wildman–Crippen LogP) is 2.26. The minimum absolute atomic E-state index is 0.0794. The van der Waals surface area contributed by atoms with Crippen LogP contribution in [0.1, 0.15) is 36.0 Å². The third-order valence-corrected chi connectivity index (χ3v) is 4.91. The summed E-state index contributed by atoms with van der Waals surface area (Å²) in [5.74, 6) is -0.0794. The highest BCUT2D eigenvalue weighted by atomic mass is 32.1. The van der Waals surface area contributed by atoms with E-state index in [0.29, 0.717) is 17.2 Å². The number of hydrogen-bond acceptors (Lipinski definition) is 5. The van der Waals surface area contributed by atoms with Crippen LogP contribution in [0, 0.1) is 0 Å². The number of amides is 1. The maximum absolute atomic E-state index is 12.5. The van der Waals surface area contributed by atoms with Gasteiger partial charge in [-0.05, 0) is 31.0 Å². The maximum atomic E-state index is 12.5. The number of anilines is 1. The third-order valence-electron chi connectivity index (χ3n) is 4.06. The van der Waals surface area contributed by atoms with Gasteiger partial charge >= 0.3 is 0 Å². The van der Waals surface area contributed by atoms with Crippen LogP contribution in [0.15, 0.2) is 18.2 Å². The van der Waals surface area contributed by atoms with Crippen molar-refractivity contribution in [2.24, 2.45) is 0 Å². The number of thiazole rings is 1. The van der Waals surface area contributed by atoms with Crippen molar-refractivity contribution in [2.75, 3.05) is 19.3 Å². The number of fused-ring (bicyclic) bond motifs is 1. The number of carbonyl (C=O) groups is 1. The van der Waals surface area contributed by atoms with E-state index in [-0.39, 0.29) is 5.91 Å². The van der Waals surface area contributed by atoms with E-state index in [0.717, 1.165) is 35.9 Å². The van der Waals surface area contributed by atoms with E-state index >= 15 is 0 Å². The average molecular weight is 305 g/mol. The van der Waals surface area contributed by atoms with Gasteiger partial charge < -0.3 is 15.7 Å². The Balaban J connectivity index is 1.78. The van der Waals surface area contributed by atoms with Gasteiger partial charge in [-0.2, -0.15) is 0 Å². The molecule has 6 heteroatoms. The number of nitrogens with zero attached hydrogens (tertiary/aromatic N) is 2. The molecule has 21 heavy (non-hydrogen) atoms. The van der Waals surface area contributed by atoms with Crippen molar-refractivity contribution in [1.29, 1.82) is 0 Å². The quantitative estimate of drug-likeness (QED) is 0.911. The van der Waals surface area contributed by atoms with Crippen LogP contribution in [-0.2, 0) is 0 Å². The molecule has 1 saturated carbocycles. The molecule has 0 aliphatic heterocycles. The monoisotopic (exact) mass is 305 g/mol. The summed E-state index contributed by atoms with van der Waals surface area (Å²) in [5.41, 5.74) is 6.38. The Morgan fingerprint density at radius 2 is 2.19 bits per heavy atom. The van der Waals surface area contributed by atoms with Crippen LogP contribution in [0.25, 0.3) is 10.2 Å². The zero-order valence-corrected chi connectivity index (χ0v) is 12.8. The molecule has 0 spiro atoms. The van der Waals surface area contributed by atoms with Crippen LogP contribution in [0.2, 0.25) is 0 Å². The minimum Gasteiger partial charge on any atom is -0.388 e. The van der Waals surface area contributed by atoms with Gasteiger partial charge in [-0.15, -0.1) is 0 Å². The Morgan fingerprint density at radius 1 is 1.48 bits per heavy atom. The summed E-state index contributed by atoms with van der Waals surface area (Å²) in [6, 6.07) is 5.40. The first-order valence-corrected chi connectivity index (χ1v) is 7.92. The molecule has 2 aromatic rings. The molecule has 1 heterocycles. The second kappa shape index (κ2) is 5.27. The summed E-state index contributed by atoms with van der Waals surface area (Å²) in [4.78, 5) is 18.3. The largest absolute Gasteiger partial charge is 0.388 e. The van der Waals surface area contributed by atoms with Gasteiger partial charge in [-0.1, -0.05) is 24.2 Å². The number of aromatic nitrogens is 1. The summed E-state index contributed by atoms with van der Waals surface area (Å²) in [6.07, 6.45) is 3.61. The highest BCUT2D eigenvalue weighted by molar-refractivity contribution is 7.22. The fourth-order valence-corrected chi connectivity index (χ4v) is 3.77. The van der Waals surface area contributed by atoms with E-state index in [4.69, 9.17) is 5.73 Å². The predicted molar refractivity (Wildman–Crippen MR) is 84.4 cm³/mol. The Hall–Kier alpha value is -1.66. The third kappa shape index (κ3) is 2.87. The molecule has 0 saturated heterocycles. The number of rotatable bonds is 3. The fraction of sp³-hybridized carbons (Fsp3) is 0.467. The maximum Gasteiger partial charge on any atom is 0.253 e. The topological polar surface area (TPSA) is 79.5 Å². The fourth-order valence-electron chi connectivity index (χ4n) is 3.00. The minimum atomic E-state index is -0.719. The van der Waals surface area contributed by atoms with Crippen LogP contribution in [0.4, 0.5) is 5.13 Å². The van der Waals surface area contributed by atoms with Gasteiger partial charge in [0.2, 0.25) is 0 Å². The lowest BCUT2D eigenvalue weighted by atomic mass is 10.0. The van der Waals surface area contributed by atoms with Crippen LogP contribution in [0.5, 0.6) is 0 Å². The lowest BCUT2D eigenvalue weighted by molar-refractivity contribution is 0.0157. The summed E-state index contributed by atoms with van der Waals surface area (Å²) < 4.78 is 0.909. The molecule has 5 nitrogen and oxygen atoms in total. The van der Waals surface area contributed by atoms with Gasteiger partial charge in [-0.25, -0.2) is 4.98 Å². The first-order chi connectivity index (χ1) is 9.97. The van der Waals surface area contributed by atoms with Gasteiger partial charge in [-0.3, -0.25) is 4.79 Å². The molecule has 0 unspecified atom stereocenters. The Morgan fingerprint density at radius 3 is 2.90 bits per heavy atom. The molecule has 112 valence electrons. The number of carbonyl (C=O) groups excluding carboxylic acids is 1. The normalized spacial score (nSPS) is 17.2. The summed E-state index contributed by atoms with van der Waals surface area (Å²) in [7, 11) is 1.74. The second-order valence-corrected chi connectivity index (χ2v) is 6.89. The van der Waals surface area contributed by atoms with Crippen molar-refractivity contribution >= 4 is 32.6 Å². The van der Waals surface area contributed by atoms with Crippen LogP contribution < -0.4 is 5.73 Å². The molecule has 3 N–H and O–H groups in total. The Bertz CT molecular complexity index is 677. The van der Waals surface area contributed by atoms with Crippen molar-refractivity contribution in [3.63, 3.8) is 0 Å². The lowest BCUT2D eigenvalue weighted by Gasteiger charge is -2.28. The molecule has 0 radical (unpaired) electrons. The van der Waals surface area contributed by atoms with E-state index < -0.39 is 5.60 Å². The highest BCUT2D eigenvalue weighted by Gasteiger charge is 2.33. The molecule has 1 amide bonds. The standard InChI is InChI=1S/C15H19N3O2S/c1-18(9-15(20)6-2-3-7-15)13(19)10-4-5-11-12(8-10)21-14(16)17-11/h4-5,8,20H,2-3,6-7,9H2,1H3,(H2,16,17). The summed E-state index contributed by atoms with van der Waals surface area (Å²) >= 11 is 1.37. The van der Waals surface area contributed by atoms with E-state index in [1.54, 1.807) is 18.0 Å². The molecule has 1 aliphatic rings. The number of aliphatic hydroxyl groups is 1. The lowest BCUT2D eigenvalue weighted by Crippen LogP contribution is -2.42. The number of hydrogen-bond donors (Lipinski definition) is 2. The van der Waals surface area contributed by atoms with Gasteiger partial charge in [0.25, 0.3) is 5.91 Å². The van der Waals surface area contributed by atoms with Gasteiger partial charge in [0.1, 0.15) is 0 Å². The molecule has 1 fully saturated rings. The van der Waals surface area contributed by atoms with Crippen LogP contribution in [0.3, 0.4) is 0 Å². The number of nitrogen functional groups attached to an aromatic ring is 1. The summed E-state index contributed by atoms with van der Waals surface area (Å²) in [5, 5.41) is 10.9. The van der Waals surface area contributed by atoms with E-state index in [9.17, 15) is 9.90 Å². The molecule has 1 aromatic carbocycles. The molecular weight excluding hydrogens is 286 g/mol. The SMILES string of the molecule is CN(CC1(O)CCCC1)C(=O)c1ccc2nc(N)sc2c1. The van der Waals surface area contributed by atoms with Crippen molar-refractivity contribution < 1.29 is 9.90 Å². The molecule has 1 aliphatic carbocycles. The van der Waals surface area contributed by atoms with E-state index in [1.807, 2.05) is 12.1 Å². The molecule has 3 rings (SSSR count). The Kier molecular flexibility index (Phi) is 3.59. The molecule has 0 atom stereocenters. The first-order valence-electron chi connectivity index (χ1n) is 7.11. The van der Waals surface area contributed by atoms with Crippen molar-refractivity contribution in [1.82, 2.24) is 9.88 Å². The van der Waals surface area contributed by atoms with Crippen molar-refractivity contribution in [3.05, 3.63) is 23.8 Å². The number of nitrogens with two attached hydrogens (primary N) is 1. The van der Waals surface area contributed by atoms with Crippen molar-refractivity contribution in [3.8, 4) is 0 Å². The number of likely N-dealkylation sites (N-methyl/N-ethyl adjacent to an activating group) is 1. The first kappa shape index (κ1) is 14.3. The molecular formula is C15H19N3O2S. The van der Waals surface area contributed by atoms with Gasteiger partial charge in [0.05, 0.1) is 15.8 Å². The van der Waals surface area contributed by atoms with Crippen LogP contribution >= 0.6 is 11.3 Å². The van der Waals surface area contributed by atoms with E-state index in [2.05, 4.69) is 4.98 Å². The summed E-state index contributed by atoms with van der Waals surface area (Å²) in [6.45, 7) is 0.384. The van der Waals surface area contributed by atoms with Crippen LogP contribution in [-0.4, -0.2) is 40.1 Å². The highest BCUT2D eigenvalue weighted by Crippen LogP contribution is 2.30. The van der Waals surface area contributed by atoms with Gasteiger partial charge in [0, 0.05) is 19.2 Å². The Labute approximate surface area is 127 Å². The number of benzene rings is 1. The smallest absolute Gasteiger partial charge is 0.253 e.